The Bertz CT molecular complexity index is 1040. The third kappa shape index (κ3) is 12.3. The largest absolute Gasteiger partial charge is 0.469 e. The van der Waals surface area contributed by atoms with Crippen molar-refractivity contribution in [3.63, 3.8) is 0 Å². The van der Waals surface area contributed by atoms with Crippen LogP contribution in [0.4, 0.5) is 0 Å². The second-order valence-corrected chi connectivity index (χ2v) is 9.92. The fourth-order valence-electron chi connectivity index (χ4n) is 2.80. The van der Waals surface area contributed by atoms with Gasteiger partial charge in [-0.15, -0.1) is 0 Å². The molecule has 0 bridgehead atoms. The van der Waals surface area contributed by atoms with Crippen LogP contribution in [-0.2, 0) is 18.2 Å². The van der Waals surface area contributed by atoms with Crippen LogP contribution >= 0.6 is 15.6 Å². The Morgan fingerprint density at radius 3 is 1.31 bits per heavy atom. The highest BCUT2D eigenvalue weighted by Gasteiger charge is 2.13. The van der Waals surface area contributed by atoms with Crippen molar-refractivity contribution in [1.29, 1.82) is 0 Å². The SMILES string of the molecule is O=C(NCCCOP(=O)(O)O)c1ccc(/C=C/c2ccc(C(=O)NCCCOP(=O)(O)O)cc2)cc1. The van der Waals surface area contributed by atoms with Crippen molar-refractivity contribution in [2.75, 3.05) is 26.3 Å². The molecule has 0 aliphatic heterocycles. The molecule has 2 aromatic carbocycles. The maximum Gasteiger partial charge on any atom is 0.469 e. The summed E-state index contributed by atoms with van der Waals surface area (Å²) in [7, 11) is -9.00. The number of carbonyl (C=O) groups excluding carboxylic acids is 2. The number of nitrogens with one attached hydrogen (secondary N) is 2. The van der Waals surface area contributed by atoms with Gasteiger partial charge in [-0.2, -0.15) is 0 Å². The van der Waals surface area contributed by atoms with Gasteiger partial charge in [0.25, 0.3) is 11.8 Å². The third-order valence-corrected chi connectivity index (χ3v) is 5.58. The quantitative estimate of drug-likeness (QED) is 0.117. The summed E-state index contributed by atoms with van der Waals surface area (Å²) in [6.07, 6.45) is 4.20. The molecule has 0 heterocycles. The highest BCUT2D eigenvalue weighted by atomic mass is 31.2. The monoisotopic (exact) mass is 542 g/mol. The van der Waals surface area contributed by atoms with Gasteiger partial charge in [0.05, 0.1) is 13.2 Å². The van der Waals surface area contributed by atoms with E-state index in [9.17, 15) is 18.7 Å². The number of rotatable bonds is 14. The molecule has 0 aliphatic rings. The van der Waals surface area contributed by atoms with Gasteiger partial charge in [-0.1, -0.05) is 36.4 Å². The molecule has 2 amide bonds. The first-order valence-electron chi connectivity index (χ1n) is 10.8. The summed E-state index contributed by atoms with van der Waals surface area (Å²) < 4.78 is 29.8. The second-order valence-electron chi connectivity index (χ2n) is 7.44. The van der Waals surface area contributed by atoms with E-state index in [0.717, 1.165) is 11.1 Å². The lowest BCUT2D eigenvalue weighted by molar-refractivity contribution is 0.0942. The number of hydrogen-bond acceptors (Lipinski definition) is 6. The van der Waals surface area contributed by atoms with Crippen molar-refractivity contribution >= 4 is 39.6 Å². The van der Waals surface area contributed by atoms with Gasteiger partial charge in [0.1, 0.15) is 0 Å². The van der Waals surface area contributed by atoms with Gasteiger partial charge < -0.3 is 30.2 Å². The molecule has 2 rings (SSSR count). The van der Waals surface area contributed by atoms with E-state index in [4.69, 9.17) is 19.6 Å². The minimum Gasteiger partial charge on any atom is -0.352 e. The van der Waals surface area contributed by atoms with Crippen molar-refractivity contribution in [1.82, 2.24) is 10.6 Å². The van der Waals surface area contributed by atoms with E-state index in [-0.39, 0.29) is 51.0 Å². The van der Waals surface area contributed by atoms with Crippen molar-refractivity contribution in [3.8, 4) is 0 Å². The molecule has 0 fully saturated rings. The molecule has 0 unspecified atom stereocenters. The summed E-state index contributed by atoms with van der Waals surface area (Å²) >= 11 is 0. The zero-order chi connectivity index (χ0) is 26.6. The Balaban J connectivity index is 1.77. The summed E-state index contributed by atoms with van der Waals surface area (Å²) in [4.78, 5) is 58.7. The lowest BCUT2D eigenvalue weighted by Gasteiger charge is -2.07. The van der Waals surface area contributed by atoms with Crippen LogP contribution in [0.5, 0.6) is 0 Å². The number of amides is 2. The predicted molar refractivity (Wildman–Crippen MR) is 132 cm³/mol. The molecule has 196 valence electrons. The topological polar surface area (TPSA) is 192 Å². The van der Waals surface area contributed by atoms with E-state index in [2.05, 4.69) is 19.7 Å². The maximum atomic E-state index is 12.1. The second kappa shape index (κ2) is 14.2. The number of phosphoric acid groups is 2. The lowest BCUT2D eigenvalue weighted by Crippen LogP contribution is -2.25. The highest BCUT2D eigenvalue weighted by molar-refractivity contribution is 7.46. The molecular formula is C22H28N2O10P2. The zero-order valence-electron chi connectivity index (χ0n) is 19.1. The molecular weight excluding hydrogens is 514 g/mol. The average molecular weight is 542 g/mol. The molecule has 6 N–H and O–H groups in total. The minimum absolute atomic E-state index is 0.169. The van der Waals surface area contributed by atoms with Crippen LogP contribution < -0.4 is 10.6 Å². The number of carbonyl (C=O) groups is 2. The predicted octanol–water partition coefficient (Wildman–Crippen LogP) is 2.32. The molecule has 0 aromatic heterocycles. The molecule has 2 aromatic rings. The smallest absolute Gasteiger partial charge is 0.352 e. The van der Waals surface area contributed by atoms with Crippen LogP contribution in [0.25, 0.3) is 12.2 Å². The van der Waals surface area contributed by atoms with Crippen molar-refractivity contribution < 1.29 is 47.3 Å². The summed E-state index contributed by atoms with van der Waals surface area (Å²) in [5.74, 6) is -0.630. The van der Waals surface area contributed by atoms with E-state index in [1.54, 1.807) is 48.5 Å². The van der Waals surface area contributed by atoms with Crippen molar-refractivity contribution in [3.05, 3.63) is 70.8 Å². The summed E-state index contributed by atoms with van der Waals surface area (Å²) in [6.45, 7) is 0.0768. The molecule has 12 nitrogen and oxygen atoms in total. The first kappa shape index (κ1) is 29.6. The number of hydrogen-bond donors (Lipinski definition) is 6. The lowest BCUT2D eigenvalue weighted by atomic mass is 10.1. The van der Waals surface area contributed by atoms with Gasteiger partial charge in [0.2, 0.25) is 0 Å². The highest BCUT2D eigenvalue weighted by Crippen LogP contribution is 2.36. The minimum atomic E-state index is -4.50. The molecule has 14 heteroatoms. The summed E-state index contributed by atoms with van der Waals surface area (Å²) in [6, 6.07) is 13.7. The van der Waals surface area contributed by atoms with Gasteiger partial charge in [-0.3, -0.25) is 18.6 Å². The average Bonchev–Trinajstić information content (AvgIpc) is 2.81. The Morgan fingerprint density at radius 2 is 1.00 bits per heavy atom. The van der Waals surface area contributed by atoms with Crippen LogP contribution in [0.3, 0.4) is 0 Å². The van der Waals surface area contributed by atoms with Crippen LogP contribution in [0.2, 0.25) is 0 Å². The molecule has 0 saturated heterocycles. The van der Waals surface area contributed by atoms with Crippen LogP contribution in [0.15, 0.2) is 48.5 Å². The summed E-state index contributed by atoms with van der Waals surface area (Å²) in [5, 5.41) is 5.28. The van der Waals surface area contributed by atoms with Crippen LogP contribution in [0.1, 0.15) is 44.7 Å². The Hall–Kier alpha value is -2.66. The normalized spacial score (nSPS) is 12.0. The molecule has 0 radical (unpaired) electrons. The Morgan fingerprint density at radius 1 is 0.667 bits per heavy atom. The van der Waals surface area contributed by atoms with Gasteiger partial charge in [-0.05, 0) is 48.2 Å². The van der Waals surface area contributed by atoms with Gasteiger partial charge in [0.15, 0.2) is 0 Å². The summed E-state index contributed by atoms with van der Waals surface area (Å²) in [5.41, 5.74) is 2.57. The third-order valence-electron chi connectivity index (χ3n) is 4.55. The van der Waals surface area contributed by atoms with Crippen LogP contribution in [-0.4, -0.2) is 57.7 Å². The van der Waals surface area contributed by atoms with Crippen LogP contribution in [0, 0.1) is 0 Å². The van der Waals surface area contributed by atoms with E-state index < -0.39 is 15.6 Å². The first-order chi connectivity index (χ1) is 16.9. The van der Waals surface area contributed by atoms with Gasteiger partial charge >= 0.3 is 15.6 Å². The molecule has 36 heavy (non-hydrogen) atoms. The zero-order valence-corrected chi connectivity index (χ0v) is 20.9. The molecule has 0 saturated carbocycles. The molecule has 0 aliphatic carbocycles. The number of phosphoric ester groups is 2. The van der Waals surface area contributed by atoms with E-state index in [0.29, 0.717) is 11.1 Å². The Labute approximate surface area is 207 Å². The van der Waals surface area contributed by atoms with Gasteiger partial charge in [-0.25, -0.2) is 9.13 Å². The van der Waals surface area contributed by atoms with E-state index in [1.807, 2.05) is 12.2 Å². The Kier molecular flexibility index (Phi) is 11.6. The van der Waals surface area contributed by atoms with Crippen molar-refractivity contribution in [2.45, 2.75) is 12.8 Å². The van der Waals surface area contributed by atoms with Crippen molar-refractivity contribution in [2.24, 2.45) is 0 Å². The van der Waals surface area contributed by atoms with E-state index in [1.165, 1.54) is 0 Å². The fraction of sp³-hybridized carbons (Fsp3) is 0.273. The first-order valence-corrected chi connectivity index (χ1v) is 13.8. The standard InChI is InChI=1S/C22H28N2O10P2/c25-21(23-13-1-15-33-35(27,28)29)19-9-5-17(6-10-19)3-4-18-7-11-20(12-8-18)22(26)24-14-2-16-34-36(30,31)32/h3-12H,1-2,13-16H2,(H,23,25)(H,24,26)(H2,27,28,29)(H2,30,31,32)/b4-3+. The fourth-order valence-corrected chi connectivity index (χ4v) is 3.54. The molecule has 0 atom stereocenters. The molecule has 0 spiro atoms. The number of benzene rings is 2. The van der Waals surface area contributed by atoms with E-state index >= 15 is 0 Å². The maximum absolute atomic E-state index is 12.1. The van der Waals surface area contributed by atoms with Gasteiger partial charge in [0, 0.05) is 24.2 Å².